The zero-order chi connectivity index (χ0) is 14.7. The number of aromatic nitrogens is 2. The molecule has 0 atom stereocenters. The molecule has 0 unspecified atom stereocenters. The second kappa shape index (κ2) is 6.91. The van der Waals surface area contributed by atoms with Crippen molar-refractivity contribution in [2.75, 3.05) is 12.8 Å². The van der Waals surface area contributed by atoms with E-state index in [0.717, 1.165) is 28.0 Å². The summed E-state index contributed by atoms with van der Waals surface area (Å²) in [4.78, 5) is 7.64. The number of aromatic amines is 1. The minimum Gasteiger partial charge on any atom is -1.00 e. The van der Waals surface area contributed by atoms with E-state index in [1.807, 2.05) is 60.7 Å². The van der Waals surface area contributed by atoms with Gasteiger partial charge in [-0.3, -0.25) is 0 Å². The lowest BCUT2D eigenvalue weighted by Crippen LogP contribution is -3.00. The molecule has 2 aromatic carbocycles. The second-order valence-electron chi connectivity index (χ2n) is 4.66. The summed E-state index contributed by atoms with van der Waals surface area (Å²) in [7, 11) is 1.65. The summed E-state index contributed by atoms with van der Waals surface area (Å²) >= 11 is 0. The molecular formula is C17H16ClN3O. The minimum atomic E-state index is 0. The standard InChI is InChI=1S/C17H15N3O.ClH/c1-21-13-9-6-12(7-10-13)8-11-16-19-15-5-3-2-4-14(15)17(18)20-16;/h2-11H,1H3,(H2,18,19,20);1H/b11-8+;. The molecule has 0 saturated carbocycles. The molecule has 5 heteroatoms. The smallest absolute Gasteiger partial charge is 0.261 e. The number of nitrogens with two attached hydrogens (primary N) is 1. The Hall–Kier alpha value is -2.59. The van der Waals surface area contributed by atoms with Crippen LogP contribution in [0.2, 0.25) is 0 Å². The van der Waals surface area contributed by atoms with E-state index >= 15 is 0 Å². The molecule has 112 valence electrons. The van der Waals surface area contributed by atoms with Crippen LogP contribution in [0.15, 0.2) is 48.5 Å². The van der Waals surface area contributed by atoms with Gasteiger partial charge in [0, 0.05) is 6.08 Å². The Kier molecular flexibility index (Phi) is 4.96. The molecule has 0 radical (unpaired) electrons. The fourth-order valence-electron chi connectivity index (χ4n) is 2.13. The van der Waals surface area contributed by atoms with Crippen molar-refractivity contribution in [1.29, 1.82) is 0 Å². The first-order valence-electron chi connectivity index (χ1n) is 6.66. The molecule has 0 aliphatic heterocycles. The Bertz CT molecular complexity index is 801. The second-order valence-corrected chi connectivity index (χ2v) is 4.66. The Morgan fingerprint density at radius 3 is 2.50 bits per heavy atom. The zero-order valence-corrected chi connectivity index (χ0v) is 12.8. The molecule has 1 heterocycles. The number of fused-ring (bicyclic) bond motifs is 1. The van der Waals surface area contributed by atoms with E-state index in [9.17, 15) is 0 Å². The number of ether oxygens (including phenoxy) is 1. The van der Waals surface area contributed by atoms with Crippen LogP contribution in [-0.2, 0) is 0 Å². The van der Waals surface area contributed by atoms with Crippen molar-refractivity contribution in [3.63, 3.8) is 0 Å². The van der Waals surface area contributed by atoms with Crippen molar-refractivity contribution >= 4 is 28.9 Å². The van der Waals surface area contributed by atoms with Gasteiger partial charge in [-0.25, -0.2) is 4.98 Å². The fourth-order valence-corrected chi connectivity index (χ4v) is 2.13. The molecule has 22 heavy (non-hydrogen) atoms. The van der Waals surface area contributed by atoms with E-state index in [-0.39, 0.29) is 12.4 Å². The van der Waals surface area contributed by atoms with Crippen molar-refractivity contribution in [2.24, 2.45) is 0 Å². The van der Waals surface area contributed by atoms with Crippen LogP contribution in [0.3, 0.4) is 0 Å². The number of rotatable bonds is 3. The Balaban J connectivity index is 0.00000176. The molecule has 3 N–H and O–H groups in total. The third-order valence-electron chi connectivity index (χ3n) is 3.25. The van der Waals surface area contributed by atoms with Gasteiger partial charge in [-0.1, -0.05) is 24.3 Å². The minimum absolute atomic E-state index is 0. The van der Waals surface area contributed by atoms with E-state index in [0.29, 0.717) is 5.82 Å². The van der Waals surface area contributed by atoms with Crippen molar-refractivity contribution in [3.8, 4) is 5.75 Å². The molecule has 0 spiro atoms. The van der Waals surface area contributed by atoms with Crippen molar-refractivity contribution in [3.05, 3.63) is 59.9 Å². The van der Waals surface area contributed by atoms with Crippen LogP contribution in [0.1, 0.15) is 11.4 Å². The Morgan fingerprint density at radius 1 is 1.05 bits per heavy atom. The van der Waals surface area contributed by atoms with Gasteiger partial charge in [0.15, 0.2) is 5.52 Å². The summed E-state index contributed by atoms with van der Waals surface area (Å²) in [6.07, 6.45) is 3.89. The summed E-state index contributed by atoms with van der Waals surface area (Å²) < 4.78 is 5.14. The van der Waals surface area contributed by atoms with E-state index < -0.39 is 0 Å². The Labute approximate surface area is 135 Å². The SMILES string of the molecule is COc1ccc(/C=C/c2nc3ccccc3c(N)[nH+]2)cc1.[Cl-]. The molecule has 0 aliphatic carbocycles. The van der Waals surface area contributed by atoms with Crippen LogP contribution in [-0.4, -0.2) is 12.1 Å². The monoisotopic (exact) mass is 313 g/mol. The van der Waals surface area contributed by atoms with Gasteiger partial charge < -0.3 is 22.9 Å². The zero-order valence-electron chi connectivity index (χ0n) is 12.1. The molecule has 0 bridgehead atoms. The third-order valence-corrected chi connectivity index (χ3v) is 3.25. The lowest BCUT2D eigenvalue weighted by molar-refractivity contribution is -0.366. The summed E-state index contributed by atoms with van der Waals surface area (Å²) in [5.41, 5.74) is 7.96. The molecule has 0 aliphatic rings. The lowest BCUT2D eigenvalue weighted by atomic mass is 10.2. The molecule has 0 fully saturated rings. The van der Waals surface area contributed by atoms with Gasteiger partial charge in [0.05, 0.1) is 12.5 Å². The average Bonchev–Trinajstić information content (AvgIpc) is 2.53. The maximum absolute atomic E-state index is 6.02. The maximum atomic E-state index is 6.02. The van der Waals surface area contributed by atoms with Gasteiger partial charge in [0.1, 0.15) is 5.75 Å². The van der Waals surface area contributed by atoms with E-state index in [1.165, 1.54) is 0 Å². The topological polar surface area (TPSA) is 62.3 Å². The number of para-hydroxylation sites is 1. The van der Waals surface area contributed by atoms with E-state index in [1.54, 1.807) is 7.11 Å². The van der Waals surface area contributed by atoms with E-state index in [2.05, 4.69) is 9.97 Å². The first kappa shape index (κ1) is 15.8. The number of hydrogen-bond donors (Lipinski definition) is 1. The molecule has 0 saturated heterocycles. The molecule has 0 amide bonds. The number of nitrogens with zero attached hydrogens (tertiary/aromatic N) is 1. The summed E-state index contributed by atoms with van der Waals surface area (Å²) in [5.74, 6) is 2.18. The summed E-state index contributed by atoms with van der Waals surface area (Å²) in [6.45, 7) is 0. The van der Waals surface area contributed by atoms with Gasteiger partial charge in [-0.2, -0.15) is 0 Å². The van der Waals surface area contributed by atoms with Crippen molar-refractivity contribution < 1.29 is 22.1 Å². The van der Waals surface area contributed by atoms with Crippen LogP contribution in [0.25, 0.3) is 23.1 Å². The first-order chi connectivity index (χ1) is 10.3. The van der Waals surface area contributed by atoms with Gasteiger partial charge in [0.2, 0.25) is 5.82 Å². The number of H-pyrrole nitrogens is 1. The number of halogens is 1. The predicted molar refractivity (Wildman–Crippen MR) is 84.6 cm³/mol. The third kappa shape index (κ3) is 3.35. The summed E-state index contributed by atoms with van der Waals surface area (Å²) in [5, 5.41) is 0.930. The van der Waals surface area contributed by atoms with E-state index in [4.69, 9.17) is 10.5 Å². The van der Waals surface area contributed by atoms with Crippen LogP contribution in [0.5, 0.6) is 5.75 Å². The average molecular weight is 314 g/mol. The van der Waals surface area contributed by atoms with Crippen molar-refractivity contribution in [1.82, 2.24) is 4.98 Å². The molecular weight excluding hydrogens is 298 g/mol. The number of anilines is 1. The molecule has 4 nitrogen and oxygen atoms in total. The largest absolute Gasteiger partial charge is 1.00 e. The highest BCUT2D eigenvalue weighted by Gasteiger charge is 2.07. The van der Waals surface area contributed by atoms with Crippen LogP contribution < -0.4 is 27.9 Å². The summed E-state index contributed by atoms with van der Waals surface area (Å²) in [6, 6.07) is 15.6. The van der Waals surface area contributed by atoms with Crippen LogP contribution in [0.4, 0.5) is 5.82 Å². The number of benzene rings is 2. The molecule has 3 rings (SSSR count). The van der Waals surface area contributed by atoms with Gasteiger partial charge in [0.25, 0.3) is 5.82 Å². The highest BCUT2D eigenvalue weighted by atomic mass is 35.5. The highest BCUT2D eigenvalue weighted by molar-refractivity contribution is 5.86. The normalized spacial score (nSPS) is 10.6. The van der Waals surface area contributed by atoms with Gasteiger partial charge in [-0.05, 0) is 35.9 Å². The van der Waals surface area contributed by atoms with Gasteiger partial charge in [-0.15, -0.1) is 4.98 Å². The van der Waals surface area contributed by atoms with Crippen LogP contribution in [0, 0.1) is 0 Å². The number of nitrogen functional groups attached to an aromatic ring is 1. The van der Waals surface area contributed by atoms with Gasteiger partial charge >= 0.3 is 0 Å². The number of methoxy groups -OCH3 is 1. The lowest BCUT2D eigenvalue weighted by Gasteiger charge is -1.99. The first-order valence-corrected chi connectivity index (χ1v) is 6.66. The maximum Gasteiger partial charge on any atom is 0.261 e. The fraction of sp³-hybridized carbons (Fsp3) is 0.0588. The van der Waals surface area contributed by atoms with Crippen molar-refractivity contribution in [2.45, 2.75) is 0 Å². The highest BCUT2D eigenvalue weighted by Crippen LogP contribution is 2.16. The number of nitrogens with one attached hydrogen (secondary N) is 1. The number of hydrogen-bond acceptors (Lipinski definition) is 3. The van der Waals surface area contributed by atoms with Crippen LogP contribution >= 0.6 is 0 Å². The molecule has 3 aromatic rings. The quantitative estimate of drug-likeness (QED) is 0.729. The Morgan fingerprint density at radius 2 is 1.77 bits per heavy atom. The predicted octanol–water partition coefficient (Wildman–Crippen LogP) is -0.186. The molecule has 1 aromatic heterocycles.